The molecule has 27 heavy (non-hydrogen) atoms. The Morgan fingerprint density at radius 3 is 2.85 bits per heavy atom. The molecule has 1 fully saturated rings. The molecule has 0 amide bonds. The van der Waals surface area contributed by atoms with Crippen molar-refractivity contribution in [1.29, 1.82) is 0 Å². The molecule has 0 aromatic heterocycles. The minimum Gasteiger partial charge on any atom is -0.507 e. The first-order valence-corrected chi connectivity index (χ1v) is 10.4. The van der Waals surface area contributed by atoms with Gasteiger partial charge in [-0.3, -0.25) is 4.79 Å². The average molecular weight is 373 g/mol. The first-order chi connectivity index (χ1) is 13.1. The molecule has 0 radical (unpaired) electrons. The summed E-state index contributed by atoms with van der Waals surface area (Å²) in [4.78, 5) is 12.4. The van der Waals surface area contributed by atoms with Gasteiger partial charge in [-0.25, -0.2) is 0 Å². The van der Waals surface area contributed by atoms with Crippen molar-refractivity contribution in [2.45, 2.75) is 83.7 Å². The van der Waals surface area contributed by atoms with Gasteiger partial charge >= 0.3 is 5.97 Å². The van der Waals surface area contributed by atoms with Crippen LogP contribution in [0.2, 0.25) is 0 Å². The monoisotopic (exact) mass is 372 g/mol. The lowest BCUT2D eigenvalue weighted by Crippen LogP contribution is -2.13. The summed E-state index contributed by atoms with van der Waals surface area (Å²) in [6.45, 7) is 5.05. The van der Waals surface area contributed by atoms with Gasteiger partial charge in [0.05, 0.1) is 12.7 Å². The number of allylic oxidation sites excluding steroid dienone is 2. The number of carbonyl (C=O) groups excluding carboxylic acids is 1. The summed E-state index contributed by atoms with van der Waals surface area (Å²) in [6, 6.07) is 3.83. The molecule has 2 atom stereocenters. The van der Waals surface area contributed by atoms with Gasteiger partial charge in [0, 0.05) is 17.9 Å². The SMILES string of the molecule is CCCCCc1cc(O)c([C@@H]2C=C(C)CCC2)c(OC(=O)CCC2CO2)c1. The normalized spacial score (nSPS) is 21.6. The van der Waals surface area contributed by atoms with E-state index in [-0.39, 0.29) is 23.7 Å². The van der Waals surface area contributed by atoms with Crippen LogP contribution in [0.1, 0.15) is 82.3 Å². The van der Waals surface area contributed by atoms with Gasteiger partial charge in [0.2, 0.25) is 0 Å². The maximum atomic E-state index is 12.4. The Morgan fingerprint density at radius 2 is 2.15 bits per heavy atom. The largest absolute Gasteiger partial charge is 0.507 e. The van der Waals surface area contributed by atoms with Gasteiger partial charge in [0.1, 0.15) is 11.5 Å². The van der Waals surface area contributed by atoms with Crippen LogP contribution in [0.3, 0.4) is 0 Å². The third kappa shape index (κ3) is 5.83. The first kappa shape index (κ1) is 19.9. The molecule has 1 aliphatic heterocycles. The van der Waals surface area contributed by atoms with E-state index in [0.29, 0.717) is 18.6 Å². The van der Waals surface area contributed by atoms with Crippen molar-refractivity contribution < 1.29 is 19.4 Å². The molecule has 1 aliphatic carbocycles. The number of unbranched alkanes of at least 4 members (excludes halogenated alkanes) is 2. The summed E-state index contributed by atoms with van der Waals surface area (Å²) in [5.74, 6) is 0.666. The van der Waals surface area contributed by atoms with Gasteiger partial charge in [-0.2, -0.15) is 0 Å². The molecule has 1 N–H and O–H groups in total. The zero-order valence-corrected chi connectivity index (χ0v) is 16.6. The molecule has 1 saturated heterocycles. The second-order valence-electron chi connectivity index (χ2n) is 7.96. The molecular weight excluding hydrogens is 340 g/mol. The van der Waals surface area contributed by atoms with Crippen LogP contribution >= 0.6 is 0 Å². The fraction of sp³-hybridized carbons (Fsp3) is 0.609. The van der Waals surface area contributed by atoms with Gasteiger partial charge in [-0.05, 0) is 63.1 Å². The van der Waals surface area contributed by atoms with Gasteiger partial charge in [0.15, 0.2) is 0 Å². The van der Waals surface area contributed by atoms with E-state index in [1.807, 2.05) is 12.1 Å². The molecule has 148 valence electrons. The molecule has 0 saturated carbocycles. The summed E-state index contributed by atoms with van der Waals surface area (Å²) in [7, 11) is 0. The number of benzene rings is 1. The molecule has 4 nitrogen and oxygen atoms in total. The summed E-state index contributed by atoms with van der Waals surface area (Å²) < 4.78 is 10.9. The van der Waals surface area contributed by atoms with Gasteiger partial charge in [0.25, 0.3) is 0 Å². The average Bonchev–Trinajstić information content (AvgIpc) is 3.44. The van der Waals surface area contributed by atoms with Crippen LogP contribution in [-0.2, 0) is 16.0 Å². The standard InChI is InChI=1S/C23H32O4/c1-3-4-5-8-17-13-20(24)23(18-9-6-7-16(2)12-18)21(14-17)27-22(25)11-10-19-15-26-19/h12-14,18-19,24H,3-11,15H2,1-2H3/t18-,19?/m0/s1. The molecule has 2 aliphatic rings. The minimum absolute atomic E-state index is 0.109. The maximum Gasteiger partial charge on any atom is 0.311 e. The number of esters is 1. The Bertz CT molecular complexity index is 688. The maximum absolute atomic E-state index is 12.4. The van der Waals surface area contributed by atoms with Crippen molar-refractivity contribution in [1.82, 2.24) is 0 Å². The Morgan fingerprint density at radius 1 is 1.33 bits per heavy atom. The highest BCUT2D eigenvalue weighted by Crippen LogP contribution is 2.42. The molecule has 0 spiro atoms. The highest BCUT2D eigenvalue weighted by atomic mass is 16.6. The zero-order valence-electron chi connectivity index (χ0n) is 16.6. The topological polar surface area (TPSA) is 59.1 Å². The number of hydrogen-bond acceptors (Lipinski definition) is 4. The van der Waals surface area contributed by atoms with Gasteiger partial charge < -0.3 is 14.6 Å². The number of phenols is 1. The fourth-order valence-electron chi connectivity index (χ4n) is 3.87. The van der Waals surface area contributed by atoms with Crippen LogP contribution in [0.4, 0.5) is 0 Å². The van der Waals surface area contributed by atoms with Crippen molar-refractivity contribution in [2.75, 3.05) is 6.61 Å². The van der Waals surface area contributed by atoms with E-state index in [1.165, 1.54) is 5.57 Å². The van der Waals surface area contributed by atoms with Gasteiger partial charge in [-0.15, -0.1) is 0 Å². The molecule has 1 aromatic carbocycles. The number of aromatic hydroxyl groups is 1. The van der Waals surface area contributed by atoms with Crippen LogP contribution in [0.5, 0.6) is 11.5 Å². The third-order valence-corrected chi connectivity index (χ3v) is 5.49. The third-order valence-electron chi connectivity index (χ3n) is 5.49. The predicted molar refractivity (Wildman–Crippen MR) is 106 cm³/mol. The van der Waals surface area contributed by atoms with E-state index in [0.717, 1.165) is 62.7 Å². The van der Waals surface area contributed by atoms with Crippen LogP contribution in [0.15, 0.2) is 23.8 Å². The number of aryl methyl sites for hydroxylation is 1. The number of epoxide rings is 1. The Hall–Kier alpha value is -1.81. The van der Waals surface area contributed by atoms with E-state index in [4.69, 9.17) is 9.47 Å². The minimum atomic E-state index is -0.242. The Labute approximate surface area is 162 Å². The number of phenolic OH excluding ortho intramolecular Hbond substituents is 1. The summed E-state index contributed by atoms with van der Waals surface area (Å²) in [5.41, 5.74) is 3.14. The second-order valence-corrected chi connectivity index (χ2v) is 7.96. The summed E-state index contributed by atoms with van der Waals surface area (Å²) in [5, 5.41) is 10.8. The van der Waals surface area contributed by atoms with Crippen LogP contribution in [0.25, 0.3) is 0 Å². The highest BCUT2D eigenvalue weighted by molar-refractivity contribution is 5.73. The lowest BCUT2D eigenvalue weighted by Gasteiger charge is -2.23. The van der Waals surface area contributed by atoms with Gasteiger partial charge in [-0.1, -0.05) is 31.4 Å². The Kier molecular flexibility index (Phi) is 6.95. The fourth-order valence-corrected chi connectivity index (χ4v) is 3.87. The molecular formula is C23H32O4. The quantitative estimate of drug-likeness (QED) is 0.207. The molecule has 1 aromatic rings. The van der Waals surface area contributed by atoms with E-state index in [1.54, 1.807) is 0 Å². The smallest absolute Gasteiger partial charge is 0.311 e. The summed E-state index contributed by atoms with van der Waals surface area (Å²) in [6.07, 6.45) is 10.9. The van der Waals surface area contributed by atoms with Crippen LogP contribution in [-0.4, -0.2) is 23.8 Å². The number of rotatable bonds is 9. The van der Waals surface area contributed by atoms with Crippen molar-refractivity contribution >= 4 is 5.97 Å². The number of hydrogen-bond donors (Lipinski definition) is 1. The van der Waals surface area contributed by atoms with E-state index in [9.17, 15) is 9.90 Å². The first-order valence-electron chi connectivity index (χ1n) is 10.4. The molecule has 1 unspecified atom stereocenters. The van der Waals surface area contributed by atoms with Crippen LogP contribution < -0.4 is 4.74 Å². The van der Waals surface area contributed by atoms with Crippen LogP contribution in [0, 0.1) is 0 Å². The predicted octanol–water partition coefficient (Wildman–Crippen LogP) is 5.42. The van der Waals surface area contributed by atoms with E-state index >= 15 is 0 Å². The lowest BCUT2D eigenvalue weighted by molar-refractivity contribution is -0.134. The van der Waals surface area contributed by atoms with E-state index < -0.39 is 0 Å². The van der Waals surface area contributed by atoms with E-state index in [2.05, 4.69) is 19.9 Å². The zero-order chi connectivity index (χ0) is 19.2. The molecule has 4 heteroatoms. The van der Waals surface area contributed by atoms with Crippen molar-refractivity contribution in [2.24, 2.45) is 0 Å². The molecule has 0 bridgehead atoms. The number of carbonyl (C=O) groups is 1. The van der Waals surface area contributed by atoms with Crippen molar-refractivity contribution in [3.8, 4) is 11.5 Å². The highest BCUT2D eigenvalue weighted by Gasteiger charge is 2.26. The summed E-state index contributed by atoms with van der Waals surface area (Å²) >= 11 is 0. The lowest BCUT2D eigenvalue weighted by atomic mass is 9.84. The Balaban J connectivity index is 1.82. The number of ether oxygens (including phenoxy) is 2. The molecule has 3 rings (SSSR count). The molecule has 1 heterocycles. The second kappa shape index (κ2) is 9.41. The van der Waals surface area contributed by atoms with Crippen molar-refractivity contribution in [3.05, 3.63) is 34.9 Å². The van der Waals surface area contributed by atoms with Crippen molar-refractivity contribution in [3.63, 3.8) is 0 Å².